The van der Waals surface area contributed by atoms with Gasteiger partial charge in [-0.3, -0.25) is 0 Å². The first-order valence-electron chi connectivity index (χ1n) is 4.62. The molecule has 1 saturated carbocycles. The molecule has 0 spiro atoms. The van der Waals surface area contributed by atoms with E-state index < -0.39 is 0 Å². The first-order chi connectivity index (χ1) is 6.12. The van der Waals surface area contributed by atoms with Crippen LogP contribution in [0.5, 0.6) is 0 Å². The Bertz CT molecular complexity index is 302. The second-order valence-corrected chi connectivity index (χ2v) is 5.83. The molecule has 1 fully saturated rings. The Labute approximate surface area is 87.9 Å². The zero-order chi connectivity index (χ0) is 9.47. The van der Waals surface area contributed by atoms with Gasteiger partial charge < -0.3 is 5.73 Å². The van der Waals surface area contributed by atoms with Gasteiger partial charge in [-0.1, -0.05) is 11.6 Å². The van der Waals surface area contributed by atoms with Gasteiger partial charge in [0.05, 0.1) is 4.34 Å². The van der Waals surface area contributed by atoms with E-state index in [0.29, 0.717) is 11.5 Å². The van der Waals surface area contributed by atoms with Gasteiger partial charge in [-0.25, -0.2) is 0 Å². The highest BCUT2D eigenvalue weighted by Gasteiger charge is 2.45. The molecule has 13 heavy (non-hydrogen) atoms. The standard InChI is InChI=1S/C10H14ClNS/c1-7(12)10(4-5-10)6-8-2-3-9(11)13-8/h2-3,7H,4-6,12H2,1H3. The van der Waals surface area contributed by atoms with Crippen LogP contribution in [-0.4, -0.2) is 6.04 Å². The van der Waals surface area contributed by atoms with E-state index in [1.807, 2.05) is 6.07 Å². The molecule has 2 rings (SSSR count). The Hall–Kier alpha value is -0.0500. The quantitative estimate of drug-likeness (QED) is 0.824. The molecule has 1 atom stereocenters. The first-order valence-corrected chi connectivity index (χ1v) is 5.82. The summed E-state index contributed by atoms with van der Waals surface area (Å²) in [6.07, 6.45) is 3.67. The number of hydrogen-bond donors (Lipinski definition) is 1. The van der Waals surface area contributed by atoms with E-state index in [0.717, 1.165) is 10.8 Å². The lowest BCUT2D eigenvalue weighted by Crippen LogP contribution is -2.29. The van der Waals surface area contributed by atoms with E-state index >= 15 is 0 Å². The van der Waals surface area contributed by atoms with E-state index in [1.165, 1.54) is 17.7 Å². The summed E-state index contributed by atoms with van der Waals surface area (Å²) in [6.45, 7) is 2.11. The summed E-state index contributed by atoms with van der Waals surface area (Å²) in [5, 5.41) is 0. The highest BCUT2D eigenvalue weighted by molar-refractivity contribution is 7.16. The third kappa shape index (κ3) is 1.90. The number of halogens is 1. The molecule has 0 saturated heterocycles. The second kappa shape index (κ2) is 3.26. The van der Waals surface area contributed by atoms with Gasteiger partial charge in [0, 0.05) is 10.9 Å². The van der Waals surface area contributed by atoms with Crippen LogP contribution >= 0.6 is 22.9 Å². The maximum absolute atomic E-state index is 5.96. The van der Waals surface area contributed by atoms with E-state index in [2.05, 4.69) is 13.0 Å². The summed E-state index contributed by atoms with van der Waals surface area (Å²) in [5.74, 6) is 0. The molecule has 1 aliphatic carbocycles. The van der Waals surface area contributed by atoms with Gasteiger partial charge in [-0.15, -0.1) is 11.3 Å². The number of thiophene rings is 1. The summed E-state index contributed by atoms with van der Waals surface area (Å²) in [7, 11) is 0. The van der Waals surface area contributed by atoms with Crippen molar-refractivity contribution in [2.75, 3.05) is 0 Å². The summed E-state index contributed by atoms with van der Waals surface area (Å²) >= 11 is 7.56. The second-order valence-electron chi connectivity index (χ2n) is 4.03. The van der Waals surface area contributed by atoms with Crippen molar-refractivity contribution in [3.05, 3.63) is 21.3 Å². The predicted molar refractivity (Wildman–Crippen MR) is 58.3 cm³/mol. The molecule has 1 aliphatic rings. The first kappa shape index (κ1) is 9.50. The fourth-order valence-corrected chi connectivity index (χ4v) is 2.99. The SMILES string of the molecule is CC(N)C1(Cc2ccc(Cl)s2)CC1. The smallest absolute Gasteiger partial charge is 0.0931 e. The highest BCUT2D eigenvalue weighted by Crippen LogP contribution is 2.51. The van der Waals surface area contributed by atoms with Crippen molar-refractivity contribution in [3.8, 4) is 0 Å². The monoisotopic (exact) mass is 215 g/mol. The van der Waals surface area contributed by atoms with Crippen LogP contribution in [0.1, 0.15) is 24.6 Å². The molecule has 1 aromatic heterocycles. The molecule has 0 aliphatic heterocycles. The van der Waals surface area contributed by atoms with Crippen molar-refractivity contribution in [3.63, 3.8) is 0 Å². The topological polar surface area (TPSA) is 26.0 Å². The van der Waals surface area contributed by atoms with Crippen LogP contribution in [-0.2, 0) is 6.42 Å². The lowest BCUT2D eigenvalue weighted by Gasteiger charge is -2.18. The molecule has 1 aromatic rings. The Kier molecular flexibility index (Phi) is 2.39. The number of hydrogen-bond acceptors (Lipinski definition) is 2. The molecule has 2 N–H and O–H groups in total. The van der Waals surface area contributed by atoms with Crippen LogP contribution in [0.3, 0.4) is 0 Å². The summed E-state index contributed by atoms with van der Waals surface area (Å²) in [4.78, 5) is 1.37. The van der Waals surface area contributed by atoms with Crippen molar-refractivity contribution >= 4 is 22.9 Å². The Morgan fingerprint density at radius 1 is 1.62 bits per heavy atom. The van der Waals surface area contributed by atoms with Gasteiger partial charge in [0.2, 0.25) is 0 Å². The summed E-state index contributed by atoms with van der Waals surface area (Å²) < 4.78 is 0.885. The van der Waals surface area contributed by atoms with E-state index in [4.69, 9.17) is 17.3 Å². The molecule has 0 radical (unpaired) electrons. The van der Waals surface area contributed by atoms with Crippen LogP contribution in [0.25, 0.3) is 0 Å². The molecule has 0 bridgehead atoms. The van der Waals surface area contributed by atoms with Gasteiger partial charge in [-0.05, 0) is 43.7 Å². The van der Waals surface area contributed by atoms with Gasteiger partial charge in [0.15, 0.2) is 0 Å². The van der Waals surface area contributed by atoms with Gasteiger partial charge in [0.25, 0.3) is 0 Å². The molecule has 3 heteroatoms. The molecule has 72 valence electrons. The van der Waals surface area contributed by atoms with E-state index in [-0.39, 0.29) is 0 Å². The minimum Gasteiger partial charge on any atom is -0.327 e. The average molecular weight is 216 g/mol. The third-order valence-electron chi connectivity index (χ3n) is 3.01. The molecular weight excluding hydrogens is 202 g/mol. The summed E-state index contributed by atoms with van der Waals surface area (Å²) in [5.41, 5.74) is 6.36. The fourth-order valence-electron chi connectivity index (χ4n) is 1.75. The minimum atomic E-state index is 0.313. The van der Waals surface area contributed by atoms with Crippen molar-refractivity contribution in [1.29, 1.82) is 0 Å². The van der Waals surface area contributed by atoms with Crippen molar-refractivity contribution in [2.24, 2.45) is 11.1 Å². The third-order valence-corrected chi connectivity index (χ3v) is 4.24. The number of nitrogens with two attached hydrogens (primary N) is 1. The Balaban J connectivity index is 2.06. The van der Waals surface area contributed by atoms with Crippen molar-refractivity contribution < 1.29 is 0 Å². The van der Waals surface area contributed by atoms with Crippen LogP contribution in [0.2, 0.25) is 4.34 Å². The molecular formula is C10H14ClNS. The number of rotatable bonds is 3. The van der Waals surface area contributed by atoms with Gasteiger partial charge in [-0.2, -0.15) is 0 Å². The van der Waals surface area contributed by atoms with Crippen molar-refractivity contribution in [1.82, 2.24) is 0 Å². The van der Waals surface area contributed by atoms with Crippen LogP contribution in [0.15, 0.2) is 12.1 Å². The zero-order valence-electron chi connectivity index (χ0n) is 7.72. The maximum Gasteiger partial charge on any atom is 0.0931 e. The van der Waals surface area contributed by atoms with Crippen LogP contribution < -0.4 is 5.73 Å². The average Bonchev–Trinajstić information content (AvgIpc) is 2.72. The highest BCUT2D eigenvalue weighted by atomic mass is 35.5. The Morgan fingerprint density at radius 2 is 2.31 bits per heavy atom. The maximum atomic E-state index is 5.96. The van der Waals surface area contributed by atoms with Gasteiger partial charge in [0.1, 0.15) is 0 Å². The van der Waals surface area contributed by atoms with Crippen LogP contribution in [0, 0.1) is 5.41 Å². The fraction of sp³-hybridized carbons (Fsp3) is 0.600. The van der Waals surface area contributed by atoms with Crippen molar-refractivity contribution in [2.45, 2.75) is 32.2 Å². The Morgan fingerprint density at radius 3 is 2.69 bits per heavy atom. The lowest BCUT2D eigenvalue weighted by molar-refractivity contribution is 0.421. The molecule has 1 unspecified atom stereocenters. The lowest BCUT2D eigenvalue weighted by atomic mass is 9.94. The molecule has 1 nitrogen and oxygen atoms in total. The minimum absolute atomic E-state index is 0.313. The van der Waals surface area contributed by atoms with E-state index in [9.17, 15) is 0 Å². The predicted octanol–water partition coefficient (Wildman–Crippen LogP) is 3.07. The zero-order valence-corrected chi connectivity index (χ0v) is 9.29. The largest absolute Gasteiger partial charge is 0.327 e. The molecule has 0 aromatic carbocycles. The van der Waals surface area contributed by atoms with Gasteiger partial charge >= 0.3 is 0 Å². The van der Waals surface area contributed by atoms with Crippen LogP contribution in [0.4, 0.5) is 0 Å². The summed E-state index contributed by atoms with van der Waals surface area (Å²) in [6, 6.07) is 4.40. The van der Waals surface area contributed by atoms with E-state index in [1.54, 1.807) is 11.3 Å². The molecule has 1 heterocycles. The molecule has 0 amide bonds. The normalized spacial score (nSPS) is 21.5.